The van der Waals surface area contributed by atoms with Crippen molar-refractivity contribution in [3.63, 3.8) is 0 Å². The first-order valence-corrected chi connectivity index (χ1v) is 24.0. The molecular formula is C57H63N3. The molecule has 0 aliphatic heterocycles. The van der Waals surface area contributed by atoms with Crippen molar-refractivity contribution in [3.05, 3.63) is 138 Å². The fourth-order valence-corrected chi connectivity index (χ4v) is 11.4. The summed E-state index contributed by atoms with van der Waals surface area (Å²) >= 11 is 0. The zero-order valence-corrected chi connectivity index (χ0v) is 35.8. The van der Waals surface area contributed by atoms with E-state index in [1.54, 1.807) is 22.3 Å². The monoisotopic (exact) mass is 790 g/mol. The van der Waals surface area contributed by atoms with Crippen LogP contribution in [0.4, 0.5) is 0 Å². The molecule has 0 saturated heterocycles. The molecule has 4 saturated carbocycles. The van der Waals surface area contributed by atoms with Crippen LogP contribution in [0.25, 0.3) is 56.4 Å². The maximum atomic E-state index is 5.31. The van der Waals surface area contributed by atoms with Crippen LogP contribution < -0.4 is 0 Å². The fraction of sp³-hybridized carbons (Fsp3) is 0.421. The summed E-state index contributed by atoms with van der Waals surface area (Å²) in [6, 6.07) is 43.8. The van der Waals surface area contributed by atoms with Crippen molar-refractivity contribution in [2.45, 2.75) is 152 Å². The lowest BCUT2D eigenvalue weighted by molar-refractivity contribution is 0.435. The Labute approximate surface area is 359 Å². The Kier molecular flexibility index (Phi) is 12.0. The molecule has 60 heavy (non-hydrogen) atoms. The van der Waals surface area contributed by atoms with Crippen LogP contribution in [-0.2, 0) is 0 Å². The average molecular weight is 790 g/mol. The lowest BCUT2D eigenvalue weighted by atomic mass is 9.78. The molecule has 4 fully saturated rings. The lowest BCUT2D eigenvalue weighted by Crippen LogP contribution is -2.09. The van der Waals surface area contributed by atoms with Gasteiger partial charge in [-0.05, 0) is 138 Å². The van der Waals surface area contributed by atoms with Crippen molar-refractivity contribution in [2.75, 3.05) is 0 Å². The highest BCUT2D eigenvalue weighted by atomic mass is 15.0. The summed E-state index contributed by atoms with van der Waals surface area (Å²) in [5.74, 6) is 4.77. The van der Waals surface area contributed by atoms with Gasteiger partial charge >= 0.3 is 0 Å². The van der Waals surface area contributed by atoms with Crippen LogP contribution in [0.5, 0.6) is 0 Å². The normalized spacial score (nSPS) is 18.7. The van der Waals surface area contributed by atoms with E-state index in [9.17, 15) is 0 Å². The van der Waals surface area contributed by atoms with Gasteiger partial charge < -0.3 is 0 Å². The Morgan fingerprint density at radius 1 is 0.250 bits per heavy atom. The van der Waals surface area contributed by atoms with Crippen molar-refractivity contribution in [1.82, 2.24) is 15.0 Å². The summed E-state index contributed by atoms with van der Waals surface area (Å²) in [7, 11) is 0. The molecule has 10 rings (SSSR count). The van der Waals surface area contributed by atoms with E-state index < -0.39 is 0 Å². The SMILES string of the molecule is c1ccc(-c2nc(-c3ccccc3)nc(-c3cc(-c4cc(C5CCCCC5)cc(C5CCCCC5)c4)cc(-c4cc(C5CCCCC5)cc(C5CCCCC5)c4)c3)n2)cc1. The lowest BCUT2D eigenvalue weighted by Gasteiger charge is -2.27. The third kappa shape index (κ3) is 8.93. The number of rotatable bonds is 9. The predicted octanol–water partition coefficient (Wildman–Crippen LogP) is 16.4. The van der Waals surface area contributed by atoms with Crippen LogP contribution in [0, 0.1) is 0 Å². The van der Waals surface area contributed by atoms with Crippen LogP contribution in [0.15, 0.2) is 115 Å². The maximum absolute atomic E-state index is 5.31. The van der Waals surface area contributed by atoms with Crippen LogP contribution in [0.3, 0.4) is 0 Å². The van der Waals surface area contributed by atoms with E-state index in [2.05, 4.69) is 115 Å². The zero-order valence-electron chi connectivity index (χ0n) is 35.8. The molecule has 3 heteroatoms. The van der Waals surface area contributed by atoms with Gasteiger partial charge in [0.05, 0.1) is 0 Å². The Morgan fingerprint density at radius 2 is 0.517 bits per heavy atom. The molecule has 5 aromatic carbocycles. The molecule has 6 aromatic rings. The minimum absolute atomic E-state index is 0.652. The number of benzene rings is 5. The Morgan fingerprint density at radius 3 is 0.833 bits per heavy atom. The van der Waals surface area contributed by atoms with Crippen LogP contribution in [-0.4, -0.2) is 15.0 Å². The molecular weight excluding hydrogens is 727 g/mol. The quantitative estimate of drug-likeness (QED) is 0.146. The first-order chi connectivity index (χ1) is 29.7. The molecule has 0 bridgehead atoms. The Hall–Kier alpha value is -4.89. The van der Waals surface area contributed by atoms with Crippen LogP contribution in [0.1, 0.15) is 174 Å². The van der Waals surface area contributed by atoms with Gasteiger partial charge in [0.25, 0.3) is 0 Å². The summed E-state index contributed by atoms with van der Waals surface area (Å²) in [5.41, 5.74) is 14.6. The second-order valence-corrected chi connectivity index (χ2v) is 19.0. The first kappa shape index (κ1) is 39.3. The highest BCUT2D eigenvalue weighted by Crippen LogP contribution is 2.44. The van der Waals surface area contributed by atoms with Gasteiger partial charge in [0, 0.05) is 16.7 Å². The van der Waals surface area contributed by atoms with Gasteiger partial charge in [-0.2, -0.15) is 0 Å². The van der Waals surface area contributed by atoms with Crippen molar-refractivity contribution < 1.29 is 0 Å². The molecule has 1 aromatic heterocycles. The van der Waals surface area contributed by atoms with E-state index in [-0.39, 0.29) is 0 Å². The topological polar surface area (TPSA) is 38.7 Å². The number of hydrogen-bond donors (Lipinski definition) is 0. The molecule has 0 N–H and O–H groups in total. The van der Waals surface area contributed by atoms with Gasteiger partial charge in [-0.3, -0.25) is 0 Å². The van der Waals surface area contributed by atoms with Crippen molar-refractivity contribution >= 4 is 0 Å². The molecule has 0 spiro atoms. The molecule has 1 heterocycles. The molecule has 3 nitrogen and oxygen atoms in total. The summed E-state index contributed by atoms with van der Waals surface area (Å²) in [4.78, 5) is 15.7. The van der Waals surface area contributed by atoms with E-state index in [1.165, 1.54) is 151 Å². The van der Waals surface area contributed by atoms with Crippen molar-refractivity contribution in [2.24, 2.45) is 0 Å². The van der Waals surface area contributed by atoms with Gasteiger partial charge in [-0.15, -0.1) is 0 Å². The van der Waals surface area contributed by atoms with Gasteiger partial charge in [0.1, 0.15) is 0 Å². The molecule has 0 atom stereocenters. The van der Waals surface area contributed by atoms with Gasteiger partial charge in [0.2, 0.25) is 0 Å². The van der Waals surface area contributed by atoms with Gasteiger partial charge in [0.15, 0.2) is 17.5 Å². The van der Waals surface area contributed by atoms with Gasteiger partial charge in [-0.25, -0.2) is 15.0 Å². The van der Waals surface area contributed by atoms with E-state index in [1.807, 2.05) is 0 Å². The number of nitrogens with zero attached hydrogens (tertiary/aromatic N) is 3. The number of hydrogen-bond acceptors (Lipinski definition) is 3. The van der Waals surface area contributed by atoms with E-state index >= 15 is 0 Å². The fourth-order valence-electron chi connectivity index (χ4n) is 11.4. The predicted molar refractivity (Wildman–Crippen MR) is 250 cm³/mol. The summed E-state index contributed by atoms with van der Waals surface area (Å²) < 4.78 is 0. The molecule has 306 valence electrons. The van der Waals surface area contributed by atoms with Crippen LogP contribution in [0.2, 0.25) is 0 Å². The summed E-state index contributed by atoms with van der Waals surface area (Å²) in [5, 5.41) is 0. The zero-order chi connectivity index (χ0) is 40.1. The highest BCUT2D eigenvalue weighted by molar-refractivity contribution is 5.81. The van der Waals surface area contributed by atoms with Crippen molar-refractivity contribution in [3.8, 4) is 56.4 Å². The molecule has 4 aliphatic carbocycles. The minimum atomic E-state index is 0.652. The van der Waals surface area contributed by atoms with E-state index in [0.717, 1.165) is 22.5 Å². The van der Waals surface area contributed by atoms with E-state index in [4.69, 9.17) is 15.0 Å². The summed E-state index contributed by atoms with van der Waals surface area (Å²) in [6.45, 7) is 0. The third-order valence-electron chi connectivity index (χ3n) is 14.8. The maximum Gasteiger partial charge on any atom is 0.164 e. The molecule has 0 unspecified atom stereocenters. The summed E-state index contributed by atoms with van der Waals surface area (Å²) in [6.07, 6.45) is 26.8. The smallest absolute Gasteiger partial charge is 0.164 e. The third-order valence-corrected chi connectivity index (χ3v) is 14.8. The Balaban J connectivity index is 1.18. The minimum Gasteiger partial charge on any atom is -0.208 e. The largest absolute Gasteiger partial charge is 0.208 e. The van der Waals surface area contributed by atoms with Gasteiger partial charge in [-0.1, -0.05) is 174 Å². The number of aromatic nitrogens is 3. The standard InChI is InChI=1S/C57H63N3/c1-7-19-40(20-8-1)46-31-47(41-21-9-2-10-22-41)34-50(33-46)52-37-53(51-35-48(42-23-11-3-12-24-42)32-49(36-51)43-25-13-4-14-26-43)39-54(38-52)57-59-55(44-27-15-5-16-28-44)58-56(60-57)45-29-17-6-18-30-45/h5-6,15-18,27-43H,1-4,7-14,19-26H2. The second-order valence-electron chi connectivity index (χ2n) is 19.0. The second kappa shape index (κ2) is 18.4. The van der Waals surface area contributed by atoms with Crippen LogP contribution >= 0.6 is 0 Å². The first-order valence-electron chi connectivity index (χ1n) is 24.0. The highest BCUT2D eigenvalue weighted by Gasteiger charge is 2.25. The Bertz CT molecular complexity index is 2130. The van der Waals surface area contributed by atoms with Crippen molar-refractivity contribution in [1.29, 1.82) is 0 Å². The molecule has 0 radical (unpaired) electrons. The molecule has 4 aliphatic rings. The molecule has 0 amide bonds. The van der Waals surface area contributed by atoms with E-state index in [0.29, 0.717) is 35.3 Å². The average Bonchev–Trinajstić information content (AvgIpc) is 3.35.